The summed E-state index contributed by atoms with van der Waals surface area (Å²) < 4.78 is 26.3. The molecule has 9 heteroatoms. The molecule has 0 spiro atoms. The van der Waals surface area contributed by atoms with Crippen LogP contribution in [0.2, 0.25) is 0 Å². The van der Waals surface area contributed by atoms with E-state index >= 15 is 0 Å². The Morgan fingerprint density at radius 2 is 2.11 bits per heavy atom. The zero-order valence-electron chi connectivity index (χ0n) is 9.78. The summed E-state index contributed by atoms with van der Waals surface area (Å²) in [6.45, 7) is 1.58. The Labute approximate surface area is 108 Å². The van der Waals surface area contributed by atoms with Crippen molar-refractivity contribution in [3.63, 3.8) is 0 Å². The van der Waals surface area contributed by atoms with E-state index in [0.717, 1.165) is 6.20 Å². The maximum atomic E-state index is 12.0. The van der Waals surface area contributed by atoms with Crippen LogP contribution in [0.25, 0.3) is 0 Å². The molecule has 2 rings (SSSR count). The van der Waals surface area contributed by atoms with Crippen LogP contribution in [0.1, 0.15) is 16.2 Å². The molecule has 0 aliphatic rings. The first-order valence-corrected chi connectivity index (χ1v) is 6.60. The molecule has 0 bridgehead atoms. The largest absolute Gasteiger partial charge is 0.477 e. The molecular weight excluding hydrogens is 272 g/mol. The predicted octanol–water partition coefficient (Wildman–Crippen LogP) is 0.612. The second kappa shape index (κ2) is 4.69. The number of nitrogens with one attached hydrogen (secondary N) is 2. The molecule has 0 fully saturated rings. The van der Waals surface area contributed by atoms with Crippen molar-refractivity contribution in [2.24, 2.45) is 0 Å². The topological polar surface area (TPSA) is 125 Å². The smallest absolute Gasteiger partial charge is 0.354 e. The first-order chi connectivity index (χ1) is 8.90. The standard InChI is InChI=1S/C10H10N4O4S/c1-6-9(5-12-13-6)19(17,18)14-7-2-3-8(10(15)16)11-4-7/h2-5,14H,1H3,(H,12,13)(H,15,16). The lowest BCUT2D eigenvalue weighted by Crippen LogP contribution is -2.14. The molecule has 19 heavy (non-hydrogen) atoms. The van der Waals surface area contributed by atoms with E-state index in [1.165, 1.54) is 18.3 Å². The summed E-state index contributed by atoms with van der Waals surface area (Å²) in [4.78, 5) is 14.3. The molecule has 2 heterocycles. The molecule has 0 atom stereocenters. The predicted molar refractivity (Wildman–Crippen MR) is 65.3 cm³/mol. The molecule has 0 aliphatic carbocycles. The molecule has 8 nitrogen and oxygen atoms in total. The van der Waals surface area contributed by atoms with Crippen LogP contribution >= 0.6 is 0 Å². The minimum atomic E-state index is -3.76. The Hall–Kier alpha value is -2.42. The minimum Gasteiger partial charge on any atom is -0.477 e. The van der Waals surface area contributed by atoms with Crippen LogP contribution in [0.15, 0.2) is 29.4 Å². The maximum absolute atomic E-state index is 12.0. The van der Waals surface area contributed by atoms with Crippen molar-refractivity contribution >= 4 is 21.7 Å². The molecule has 2 aromatic rings. The van der Waals surface area contributed by atoms with E-state index in [0.29, 0.717) is 5.69 Å². The summed E-state index contributed by atoms with van der Waals surface area (Å²) in [6, 6.07) is 2.53. The summed E-state index contributed by atoms with van der Waals surface area (Å²) in [7, 11) is -3.76. The minimum absolute atomic E-state index is 0.0230. The number of nitrogens with zero attached hydrogens (tertiary/aromatic N) is 2. The number of carboxylic acids is 1. The SMILES string of the molecule is Cc1[nH]ncc1S(=O)(=O)Nc1ccc(C(=O)O)nc1. The second-order valence-electron chi connectivity index (χ2n) is 3.70. The van der Waals surface area contributed by atoms with Gasteiger partial charge in [0.25, 0.3) is 10.0 Å². The van der Waals surface area contributed by atoms with Gasteiger partial charge in [0.2, 0.25) is 0 Å². The Balaban J connectivity index is 2.26. The lowest BCUT2D eigenvalue weighted by molar-refractivity contribution is 0.0690. The summed E-state index contributed by atoms with van der Waals surface area (Å²) in [6.07, 6.45) is 2.33. The van der Waals surface area contributed by atoms with Gasteiger partial charge in [-0.05, 0) is 19.1 Å². The van der Waals surface area contributed by atoms with Crippen LogP contribution in [-0.4, -0.2) is 34.7 Å². The van der Waals surface area contributed by atoms with Crippen molar-refractivity contribution in [2.75, 3.05) is 4.72 Å². The normalized spacial score (nSPS) is 11.2. The molecule has 2 aromatic heterocycles. The van der Waals surface area contributed by atoms with E-state index in [-0.39, 0.29) is 16.3 Å². The molecule has 0 amide bonds. The quantitative estimate of drug-likeness (QED) is 0.754. The van der Waals surface area contributed by atoms with Crippen LogP contribution in [0.4, 0.5) is 5.69 Å². The first-order valence-electron chi connectivity index (χ1n) is 5.12. The van der Waals surface area contributed by atoms with Crippen LogP contribution in [0.3, 0.4) is 0 Å². The molecule has 0 aromatic carbocycles. The number of H-pyrrole nitrogens is 1. The van der Waals surface area contributed by atoms with E-state index in [9.17, 15) is 13.2 Å². The van der Waals surface area contributed by atoms with Gasteiger partial charge in [-0.2, -0.15) is 5.10 Å². The number of aryl methyl sites for hydroxylation is 1. The monoisotopic (exact) mass is 282 g/mol. The lowest BCUT2D eigenvalue weighted by Gasteiger charge is -2.06. The van der Waals surface area contributed by atoms with Crippen molar-refractivity contribution in [3.05, 3.63) is 35.9 Å². The average molecular weight is 282 g/mol. The number of anilines is 1. The maximum Gasteiger partial charge on any atom is 0.354 e. The van der Waals surface area contributed by atoms with Gasteiger partial charge >= 0.3 is 5.97 Å². The number of hydrogen-bond acceptors (Lipinski definition) is 5. The van der Waals surface area contributed by atoms with Gasteiger partial charge in [0.15, 0.2) is 0 Å². The molecule has 100 valence electrons. The van der Waals surface area contributed by atoms with E-state index < -0.39 is 16.0 Å². The van der Waals surface area contributed by atoms with Gasteiger partial charge in [0, 0.05) is 0 Å². The van der Waals surface area contributed by atoms with Crippen LogP contribution in [0.5, 0.6) is 0 Å². The second-order valence-corrected chi connectivity index (χ2v) is 5.35. The number of aromatic nitrogens is 3. The highest BCUT2D eigenvalue weighted by atomic mass is 32.2. The van der Waals surface area contributed by atoms with E-state index in [1.807, 2.05) is 0 Å². The van der Waals surface area contributed by atoms with Crippen molar-refractivity contribution in [3.8, 4) is 0 Å². The first kappa shape index (κ1) is 13.0. The Morgan fingerprint density at radius 1 is 1.37 bits per heavy atom. The highest BCUT2D eigenvalue weighted by Gasteiger charge is 2.18. The number of aromatic amines is 1. The highest BCUT2D eigenvalue weighted by molar-refractivity contribution is 7.92. The molecule has 0 unspecified atom stereocenters. The summed E-state index contributed by atoms with van der Waals surface area (Å²) in [5.74, 6) is -1.18. The van der Waals surface area contributed by atoms with Gasteiger partial charge in [-0.1, -0.05) is 0 Å². The third-order valence-corrected chi connectivity index (χ3v) is 3.80. The number of carbonyl (C=O) groups is 1. The molecule has 0 radical (unpaired) electrons. The molecular formula is C10H10N4O4S. The van der Waals surface area contributed by atoms with Crippen molar-refractivity contribution < 1.29 is 18.3 Å². The fraction of sp³-hybridized carbons (Fsp3) is 0.100. The average Bonchev–Trinajstić information content (AvgIpc) is 2.76. The zero-order chi connectivity index (χ0) is 14.0. The van der Waals surface area contributed by atoms with Gasteiger partial charge in [-0.3, -0.25) is 9.82 Å². The fourth-order valence-corrected chi connectivity index (χ4v) is 2.58. The van der Waals surface area contributed by atoms with E-state index in [2.05, 4.69) is 19.9 Å². The molecule has 3 N–H and O–H groups in total. The van der Waals surface area contributed by atoms with Crippen LogP contribution in [0, 0.1) is 6.92 Å². The number of pyridine rings is 1. The summed E-state index contributed by atoms with van der Waals surface area (Å²) in [5.41, 5.74) is 0.413. The van der Waals surface area contributed by atoms with Gasteiger partial charge in [0.1, 0.15) is 10.6 Å². The summed E-state index contributed by atoms with van der Waals surface area (Å²) in [5, 5.41) is 14.8. The van der Waals surface area contributed by atoms with Crippen LogP contribution < -0.4 is 4.72 Å². The number of hydrogen-bond donors (Lipinski definition) is 3. The van der Waals surface area contributed by atoms with Crippen molar-refractivity contribution in [1.82, 2.24) is 15.2 Å². The number of aromatic carboxylic acids is 1. The van der Waals surface area contributed by atoms with E-state index in [1.54, 1.807) is 6.92 Å². The van der Waals surface area contributed by atoms with Crippen molar-refractivity contribution in [1.29, 1.82) is 0 Å². The van der Waals surface area contributed by atoms with E-state index in [4.69, 9.17) is 5.11 Å². The number of carboxylic acid groups (broad SMARTS) is 1. The Bertz CT molecular complexity index is 705. The molecule has 0 saturated carbocycles. The zero-order valence-corrected chi connectivity index (χ0v) is 10.6. The lowest BCUT2D eigenvalue weighted by atomic mass is 10.3. The molecule has 0 saturated heterocycles. The van der Waals surface area contributed by atoms with Crippen LogP contribution in [-0.2, 0) is 10.0 Å². The Kier molecular flexibility index (Phi) is 3.21. The fourth-order valence-electron chi connectivity index (χ4n) is 1.40. The van der Waals surface area contributed by atoms with Gasteiger partial charge in [-0.15, -0.1) is 0 Å². The number of sulfonamides is 1. The molecule has 0 aliphatic heterocycles. The van der Waals surface area contributed by atoms with Gasteiger partial charge < -0.3 is 5.11 Å². The third-order valence-electron chi connectivity index (χ3n) is 2.31. The number of rotatable bonds is 4. The van der Waals surface area contributed by atoms with Crippen molar-refractivity contribution in [2.45, 2.75) is 11.8 Å². The summed E-state index contributed by atoms with van der Waals surface area (Å²) >= 11 is 0. The highest BCUT2D eigenvalue weighted by Crippen LogP contribution is 2.16. The van der Waals surface area contributed by atoms with Gasteiger partial charge in [0.05, 0.1) is 23.8 Å². The van der Waals surface area contributed by atoms with Gasteiger partial charge in [-0.25, -0.2) is 18.2 Å². The third kappa shape index (κ3) is 2.71. The Morgan fingerprint density at radius 3 is 2.58 bits per heavy atom.